The molecule has 0 saturated heterocycles. The molecule has 0 unspecified atom stereocenters. The maximum atomic E-state index is 8.87. The van der Waals surface area contributed by atoms with E-state index in [2.05, 4.69) is 16.0 Å². The summed E-state index contributed by atoms with van der Waals surface area (Å²) in [6.45, 7) is 0. The largest absolute Gasteiger partial charge is 0.490 e. The van der Waals surface area contributed by atoms with Gasteiger partial charge in [-0.05, 0) is 37.8 Å². The lowest BCUT2D eigenvalue weighted by Gasteiger charge is -2.28. The molecule has 1 aromatic heterocycles. The van der Waals surface area contributed by atoms with Crippen LogP contribution in [0.5, 0.6) is 5.75 Å². The number of imidazole rings is 1. The molecule has 1 aliphatic rings. The number of ether oxygens (including phenoxy) is 1. The number of rotatable bonds is 3. The summed E-state index contributed by atoms with van der Waals surface area (Å²) in [5.41, 5.74) is 1.70. The fourth-order valence-electron chi connectivity index (χ4n) is 2.83. The maximum Gasteiger partial charge on any atom is 0.121 e. The van der Waals surface area contributed by atoms with Crippen LogP contribution in [0.25, 0.3) is 0 Å². The number of nitrogens with zero attached hydrogens (tertiary/aromatic N) is 2. The second kappa shape index (κ2) is 6.19. The van der Waals surface area contributed by atoms with Crippen molar-refractivity contribution in [2.45, 2.75) is 37.7 Å². The van der Waals surface area contributed by atoms with Crippen molar-refractivity contribution in [1.82, 2.24) is 9.97 Å². The van der Waals surface area contributed by atoms with Gasteiger partial charge in [0, 0.05) is 23.9 Å². The van der Waals surface area contributed by atoms with Crippen LogP contribution in [-0.4, -0.2) is 16.1 Å². The molecule has 0 amide bonds. The molecule has 2 aromatic rings. The zero-order valence-electron chi connectivity index (χ0n) is 11.6. The van der Waals surface area contributed by atoms with Crippen molar-refractivity contribution >= 4 is 11.6 Å². The summed E-state index contributed by atoms with van der Waals surface area (Å²) in [6.07, 6.45) is 8.08. The summed E-state index contributed by atoms with van der Waals surface area (Å²) < 4.78 is 5.98. The zero-order valence-corrected chi connectivity index (χ0v) is 12.3. The van der Waals surface area contributed by atoms with Gasteiger partial charge in [-0.1, -0.05) is 11.6 Å². The van der Waals surface area contributed by atoms with E-state index in [0.29, 0.717) is 16.5 Å². The third-order valence-electron chi connectivity index (χ3n) is 4.00. The molecule has 5 heteroatoms. The highest BCUT2D eigenvalue weighted by Crippen LogP contribution is 2.34. The molecule has 0 spiro atoms. The van der Waals surface area contributed by atoms with E-state index in [9.17, 15) is 0 Å². The number of nitrogens with one attached hydrogen (secondary N) is 1. The molecule has 1 N–H and O–H groups in total. The molecule has 0 bridgehead atoms. The van der Waals surface area contributed by atoms with Crippen LogP contribution in [0.4, 0.5) is 0 Å². The first kappa shape index (κ1) is 14.0. The standard InChI is InChI=1S/C16H16ClN3O/c17-15-7-14(6-3-12(15)8-18)21-13-4-1-11(2-5-13)16-9-19-10-20-16/h3,6-7,9-11,13H,1-2,4-5H2,(H,19,20). The third kappa shape index (κ3) is 3.20. The minimum atomic E-state index is 0.216. The number of H-pyrrole nitrogens is 1. The van der Waals surface area contributed by atoms with Crippen molar-refractivity contribution in [3.8, 4) is 11.8 Å². The van der Waals surface area contributed by atoms with Gasteiger partial charge in [-0.25, -0.2) is 4.98 Å². The first-order chi connectivity index (χ1) is 10.3. The average Bonchev–Trinajstić information content (AvgIpc) is 3.02. The molecule has 0 radical (unpaired) electrons. The van der Waals surface area contributed by atoms with E-state index in [0.717, 1.165) is 31.4 Å². The summed E-state index contributed by atoms with van der Waals surface area (Å²) in [6, 6.07) is 7.29. The molecule has 21 heavy (non-hydrogen) atoms. The highest BCUT2D eigenvalue weighted by molar-refractivity contribution is 6.31. The molecule has 0 atom stereocenters. The minimum Gasteiger partial charge on any atom is -0.490 e. The van der Waals surface area contributed by atoms with Gasteiger partial charge in [0.25, 0.3) is 0 Å². The van der Waals surface area contributed by atoms with Gasteiger partial charge in [0.1, 0.15) is 11.8 Å². The van der Waals surface area contributed by atoms with Gasteiger partial charge < -0.3 is 9.72 Å². The van der Waals surface area contributed by atoms with Gasteiger partial charge >= 0.3 is 0 Å². The number of benzene rings is 1. The van der Waals surface area contributed by atoms with Crippen molar-refractivity contribution in [3.05, 3.63) is 47.0 Å². The molecule has 3 rings (SSSR count). The van der Waals surface area contributed by atoms with Gasteiger partial charge in [0.2, 0.25) is 0 Å². The third-order valence-corrected chi connectivity index (χ3v) is 4.31. The van der Waals surface area contributed by atoms with Crippen LogP contribution >= 0.6 is 11.6 Å². The number of aromatic nitrogens is 2. The number of hydrogen-bond acceptors (Lipinski definition) is 3. The van der Waals surface area contributed by atoms with Crippen LogP contribution in [0.15, 0.2) is 30.7 Å². The van der Waals surface area contributed by atoms with Gasteiger partial charge in [0.15, 0.2) is 0 Å². The molecule has 1 fully saturated rings. The zero-order chi connectivity index (χ0) is 14.7. The molecule has 4 nitrogen and oxygen atoms in total. The Morgan fingerprint density at radius 2 is 2.10 bits per heavy atom. The van der Waals surface area contributed by atoms with Crippen LogP contribution in [0.3, 0.4) is 0 Å². The Morgan fingerprint density at radius 1 is 1.29 bits per heavy atom. The van der Waals surface area contributed by atoms with E-state index in [4.69, 9.17) is 21.6 Å². The highest BCUT2D eigenvalue weighted by Gasteiger charge is 2.24. The lowest BCUT2D eigenvalue weighted by molar-refractivity contribution is 0.146. The van der Waals surface area contributed by atoms with Crippen molar-refractivity contribution in [2.24, 2.45) is 0 Å². The quantitative estimate of drug-likeness (QED) is 0.930. The van der Waals surface area contributed by atoms with Gasteiger partial charge in [-0.3, -0.25) is 0 Å². The minimum absolute atomic E-state index is 0.216. The van der Waals surface area contributed by atoms with E-state index < -0.39 is 0 Å². The fraction of sp³-hybridized carbons (Fsp3) is 0.375. The molecule has 1 aromatic carbocycles. The molecular weight excluding hydrogens is 286 g/mol. The predicted molar refractivity (Wildman–Crippen MR) is 80.4 cm³/mol. The molecular formula is C16H16ClN3O. The molecule has 1 saturated carbocycles. The molecule has 1 heterocycles. The van der Waals surface area contributed by atoms with E-state index in [1.54, 1.807) is 18.5 Å². The van der Waals surface area contributed by atoms with E-state index >= 15 is 0 Å². The SMILES string of the molecule is N#Cc1ccc(OC2CCC(c3cnc[nH]3)CC2)cc1Cl. The first-order valence-corrected chi connectivity index (χ1v) is 7.48. The lowest BCUT2D eigenvalue weighted by atomic mass is 9.85. The summed E-state index contributed by atoms with van der Waals surface area (Å²) in [4.78, 5) is 7.27. The summed E-state index contributed by atoms with van der Waals surface area (Å²) in [5.74, 6) is 1.29. The summed E-state index contributed by atoms with van der Waals surface area (Å²) in [5, 5.41) is 9.31. The Morgan fingerprint density at radius 3 is 2.71 bits per heavy atom. The van der Waals surface area contributed by atoms with Crippen molar-refractivity contribution in [1.29, 1.82) is 5.26 Å². The summed E-state index contributed by atoms with van der Waals surface area (Å²) >= 11 is 6.02. The van der Waals surface area contributed by atoms with Crippen molar-refractivity contribution in [3.63, 3.8) is 0 Å². The second-order valence-corrected chi connectivity index (χ2v) is 5.76. The Balaban J connectivity index is 1.58. The Labute approximate surface area is 128 Å². The topological polar surface area (TPSA) is 61.7 Å². The fourth-order valence-corrected chi connectivity index (χ4v) is 3.05. The lowest BCUT2D eigenvalue weighted by Crippen LogP contribution is -2.23. The van der Waals surface area contributed by atoms with Crippen LogP contribution in [0, 0.1) is 11.3 Å². The number of nitriles is 1. The Bertz CT molecular complexity index is 640. The number of halogens is 1. The van der Waals surface area contributed by atoms with Gasteiger partial charge in [-0.2, -0.15) is 5.26 Å². The molecule has 1 aliphatic carbocycles. The van der Waals surface area contributed by atoms with E-state index in [1.807, 2.05) is 12.3 Å². The Hall–Kier alpha value is -1.99. The molecule has 108 valence electrons. The van der Waals surface area contributed by atoms with Crippen molar-refractivity contribution in [2.75, 3.05) is 0 Å². The number of hydrogen-bond donors (Lipinski definition) is 1. The first-order valence-electron chi connectivity index (χ1n) is 7.11. The molecule has 0 aliphatic heterocycles. The van der Waals surface area contributed by atoms with Crippen molar-refractivity contribution < 1.29 is 4.74 Å². The van der Waals surface area contributed by atoms with Crippen LogP contribution in [0.2, 0.25) is 5.02 Å². The summed E-state index contributed by atoms with van der Waals surface area (Å²) in [7, 11) is 0. The highest BCUT2D eigenvalue weighted by atomic mass is 35.5. The van der Waals surface area contributed by atoms with Crippen LogP contribution in [0.1, 0.15) is 42.9 Å². The van der Waals surface area contributed by atoms with Gasteiger partial charge in [0.05, 0.1) is 23.0 Å². The maximum absolute atomic E-state index is 8.87. The monoisotopic (exact) mass is 301 g/mol. The average molecular weight is 302 g/mol. The van der Waals surface area contributed by atoms with E-state index in [1.165, 1.54) is 5.69 Å². The number of aromatic amines is 1. The van der Waals surface area contributed by atoms with Gasteiger partial charge in [-0.15, -0.1) is 0 Å². The van der Waals surface area contributed by atoms with E-state index in [-0.39, 0.29) is 6.10 Å². The smallest absolute Gasteiger partial charge is 0.121 e. The Kier molecular flexibility index (Phi) is 4.12. The van der Waals surface area contributed by atoms with Crippen LogP contribution in [-0.2, 0) is 0 Å². The normalized spacial score (nSPS) is 21.7. The second-order valence-electron chi connectivity index (χ2n) is 5.35. The predicted octanol–water partition coefficient (Wildman–Crippen LogP) is 4.04. The van der Waals surface area contributed by atoms with Crippen LogP contribution < -0.4 is 4.74 Å².